The van der Waals surface area contributed by atoms with Gasteiger partial charge in [-0.1, -0.05) is 0 Å². The smallest absolute Gasteiger partial charge is 0.238 e. The van der Waals surface area contributed by atoms with E-state index < -0.39 is 10.0 Å². The van der Waals surface area contributed by atoms with E-state index in [1.54, 1.807) is 13.2 Å². The second kappa shape index (κ2) is 4.54. The fourth-order valence-corrected chi connectivity index (χ4v) is 2.12. The molecule has 0 aromatic heterocycles. The second-order valence-electron chi connectivity index (χ2n) is 4.23. The molecule has 1 aliphatic carbocycles. The van der Waals surface area contributed by atoms with E-state index in [9.17, 15) is 8.42 Å². The van der Waals surface area contributed by atoms with Crippen LogP contribution in [0.15, 0.2) is 23.1 Å². The van der Waals surface area contributed by atoms with Gasteiger partial charge in [-0.15, -0.1) is 0 Å². The van der Waals surface area contributed by atoms with Gasteiger partial charge in [-0.2, -0.15) is 0 Å². The van der Waals surface area contributed by atoms with E-state index in [0.29, 0.717) is 17.4 Å². The van der Waals surface area contributed by atoms with Crippen LogP contribution in [0, 0.1) is 5.92 Å². The zero-order chi connectivity index (χ0) is 12.5. The summed E-state index contributed by atoms with van der Waals surface area (Å²) in [5.74, 6) is 1.32. The molecule has 0 bridgehead atoms. The van der Waals surface area contributed by atoms with Gasteiger partial charge < -0.3 is 10.1 Å². The van der Waals surface area contributed by atoms with Crippen molar-refractivity contribution in [3.63, 3.8) is 0 Å². The molecular weight excluding hydrogens is 240 g/mol. The summed E-state index contributed by atoms with van der Waals surface area (Å²) in [4.78, 5) is 0.0941. The van der Waals surface area contributed by atoms with Gasteiger partial charge in [0.25, 0.3) is 0 Å². The number of methoxy groups -OCH3 is 1. The molecule has 94 valence electrons. The van der Waals surface area contributed by atoms with E-state index >= 15 is 0 Å². The van der Waals surface area contributed by atoms with E-state index in [-0.39, 0.29) is 4.90 Å². The quantitative estimate of drug-likeness (QED) is 0.828. The Bertz CT molecular complexity index is 509. The van der Waals surface area contributed by atoms with Gasteiger partial charge in [0, 0.05) is 6.54 Å². The highest BCUT2D eigenvalue weighted by molar-refractivity contribution is 7.89. The van der Waals surface area contributed by atoms with E-state index in [1.807, 2.05) is 0 Å². The summed E-state index contributed by atoms with van der Waals surface area (Å²) in [6, 6.07) is 4.56. The molecule has 0 spiro atoms. The highest BCUT2D eigenvalue weighted by Crippen LogP contribution is 2.32. The fourth-order valence-electron chi connectivity index (χ4n) is 1.58. The normalized spacial score (nSPS) is 15.6. The number of hydrogen-bond acceptors (Lipinski definition) is 4. The third-order valence-corrected chi connectivity index (χ3v) is 3.69. The lowest BCUT2D eigenvalue weighted by Crippen LogP contribution is -2.13. The van der Waals surface area contributed by atoms with E-state index in [4.69, 9.17) is 9.88 Å². The zero-order valence-corrected chi connectivity index (χ0v) is 10.5. The predicted molar refractivity (Wildman–Crippen MR) is 65.6 cm³/mol. The standard InChI is InChI=1S/C11H16N2O3S/c1-16-11-5-4-9(17(12,14)15)6-10(11)13-7-8-2-3-8/h4-6,8,13H,2-3,7H2,1H3,(H2,12,14,15). The highest BCUT2D eigenvalue weighted by Gasteiger charge is 2.21. The van der Waals surface area contributed by atoms with Gasteiger partial charge in [0.2, 0.25) is 10.0 Å². The van der Waals surface area contributed by atoms with Crippen molar-refractivity contribution in [3.05, 3.63) is 18.2 Å². The molecule has 1 fully saturated rings. The Morgan fingerprint density at radius 2 is 2.18 bits per heavy atom. The Hall–Kier alpha value is -1.27. The monoisotopic (exact) mass is 256 g/mol. The number of ether oxygens (including phenoxy) is 1. The summed E-state index contributed by atoms with van der Waals surface area (Å²) in [7, 11) is -2.12. The first-order chi connectivity index (χ1) is 8.00. The molecule has 1 aromatic carbocycles. The third-order valence-electron chi connectivity index (χ3n) is 2.78. The minimum absolute atomic E-state index is 0.0941. The summed E-state index contributed by atoms with van der Waals surface area (Å²) >= 11 is 0. The van der Waals surface area contributed by atoms with Gasteiger partial charge in [-0.05, 0) is 37.0 Å². The number of benzene rings is 1. The van der Waals surface area contributed by atoms with Crippen LogP contribution in [0.2, 0.25) is 0 Å². The van der Waals surface area contributed by atoms with Gasteiger partial charge in [0.1, 0.15) is 5.75 Å². The van der Waals surface area contributed by atoms with Gasteiger partial charge >= 0.3 is 0 Å². The Labute approximate surface area is 101 Å². The maximum Gasteiger partial charge on any atom is 0.238 e. The summed E-state index contributed by atoms with van der Waals surface area (Å²) in [6.45, 7) is 0.838. The van der Waals surface area contributed by atoms with Gasteiger partial charge in [0.05, 0.1) is 17.7 Å². The van der Waals surface area contributed by atoms with Crippen molar-refractivity contribution in [2.75, 3.05) is 19.0 Å². The third kappa shape index (κ3) is 3.10. The van der Waals surface area contributed by atoms with Gasteiger partial charge in [-0.3, -0.25) is 0 Å². The first-order valence-electron chi connectivity index (χ1n) is 5.45. The summed E-state index contributed by atoms with van der Waals surface area (Å²) in [5, 5.41) is 8.28. The summed E-state index contributed by atoms with van der Waals surface area (Å²) in [5.41, 5.74) is 0.672. The van der Waals surface area contributed by atoms with Crippen LogP contribution in [0.1, 0.15) is 12.8 Å². The number of nitrogens with one attached hydrogen (secondary N) is 1. The van der Waals surface area contributed by atoms with Crippen LogP contribution in [0.25, 0.3) is 0 Å². The number of sulfonamides is 1. The number of anilines is 1. The van der Waals surface area contributed by atoms with E-state index in [0.717, 1.165) is 6.54 Å². The minimum Gasteiger partial charge on any atom is -0.495 e. The summed E-state index contributed by atoms with van der Waals surface area (Å²) in [6.07, 6.45) is 2.45. The number of nitrogens with two attached hydrogens (primary N) is 1. The molecule has 2 rings (SSSR count). The van der Waals surface area contributed by atoms with Crippen molar-refractivity contribution in [2.45, 2.75) is 17.7 Å². The molecule has 17 heavy (non-hydrogen) atoms. The molecular formula is C11H16N2O3S. The van der Waals surface area contributed by atoms with Crippen molar-refractivity contribution in [1.82, 2.24) is 0 Å². The van der Waals surface area contributed by atoms with Crippen LogP contribution in [0.4, 0.5) is 5.69 Å². The van der Waals surface area contributed by atoms with Crippen LogP contribution in [0.3, 0.4) is 0 Å². The molecule has 1 aliphatic rings. The molecule has 0 saturated heterocycles. The maximum absolute atomic E-state index is 11.2. The minimum atomic E-state index is -3.67. The number of hydrogen-bond donors (Lipinski definition) is 2. The predicted octanol–water partition coefficient (Wildman–Crippen LogP) is 1.16. The van der Waals surface area contributed by atoms with Crippen LogP contribution in [-0.4, -0.2) is 22.1 Å². The second-order valence-corrected chi connectivity index (χ2v) is 5.79. The lowest BCUT2D eigenvalue weighted by molar-refractivity contribution is 0.416. The molecule has 1 saturated carbocycles. The van der Waals surface area contributed by atoms with E-state index in [2.05, 4.69) is 5.32 Å². The topological polar surface area (TPSA) is 81.4 Å². The Morgan fingerprint density at radius 1 is 1.47 bits per heavy atom. The highest BCUT2D eigenvalue weighted by atomic mass is 32.2. The average Bonchev–Trinajstić information content (AvgIpc) is 3.08. The van der Waals surface area contributed by atoms with Crippen LogP contribution in [0.5, 0.6) is 5.75 Å². The fraction of sp³-hybridized carbons (Fsp3) is 0.455. The first kappa shape index (κ1) is 12.2. The molecule has 0 unspecified atom stereocenters. The van der Waals surface area contributed by atoms with Crippen LogP contribution >= 0.6 is 0 Å². The van der Waals surface area contributed by atoms with E-state index in [1.165, 1.54) is 25.0 Å². The largest absolute Gasteiger partial charge is 0.495 e. The molecule has 0 radical (unpaired) electrons. The van der Waals surface area contributed by atoms with Crippen molar-refractivity contribution in [2.24, 2.45) is 11.1 Å². The Morgan fingerprint density at radius 3 is 2.71 bits per heavy atom. The van der Waals surface area contributed by atoms with Gasteiger partial charge in [0.15, 0.2) is 0 Å². The number of rotatable bonds is 5. The lowest BCUT2D eigenvalue weighted by Gasteiger charge is -2.11. The van der Waals surface area contributed by atoms with Crippen LogP contribution in [-0.2, 0) is 10.0 Å². The zero-order valence-electron chi connectivity index (χ0n) is 9.64. The van der Waals surface area contributed by atoms with Crippen molar-refractivity contribution >= 4 is 15.7 Å². The molecule has 1 aromatic rings. The first-order valence-corrected chi connectivity index (χ1v) is 7.00. The van der Waals surface area contributed by atoms with Crippen molar-refractivity contribution in [1.29, 1.82) is 0 Å². The van der Waals surface area contributed by atoms with Gasteiger partial charge in [-0.25, -0.2) is 13.6 Å². The lowest BCUT2D eigenvalue weighted by atomic mass is 10.3. The average molecular weight is 256 g/mol. The molecule has 3 N–H and O–H groups in total. The SMILES string of the molecule is COc1ccc(S(N)(=O)=O)cc1NCC1CC1. The van der Waals surface area contributed by atoms with Crippen molar-refractivity contribution < 1.29 is 13.2 Å². The molecule has 0 amide bonds. The molecule has 0 aliphatic heterocycles. The Balaban J connectivity index is 2.24. The summed E-state index contributed by atoms with van der Waals surface area (Å²) < 4.78 is 27.7. The Kier molecular flexibility index (Phi) is 3.26. The molecule has 5 nitrogen and oxygen atoms in total. The molecule has 0 heterocycles. The number of primary sulfonamides is 1. The molecule has 6 heteroatoms. The molecule has 0 atom stereocenters. The van der Waals surface area contributed by atoms with Crippen molar-refractivity contribution in [3.8, 4) is 5.75 Å². The van der Waals surface area contributed by atoms with Crippen LogP contribution < -0.4 is 15.2 Å². The maximum atomic E-state index is 11.2.